The quantitative estimate of drug-likeness (QED) is 0.643. The molecule has 0 radical (unpaired) electrons. The highest BCUT2D eigenvalue weighted by Gasteiger charge is 2.32. The lowest BCUT2D eigenvalue weighted by atomic mass is 10.0. The Kier molecular flexibility index (Phi) is 4.59. The van der Waals surface area contributed by atoms with Crippen LogP contribution >= 0.6 is 23.8 Å². The summed E-state index contributed by atoms with van der Waals surface area (Å²) in [5.41, 5.74) is 1.92. The van der Waals surface area contributed by atoms with Crippen molar-refractivity contribution in [2.24, 2.45) is 0 Å². The Bertz CT molecular complexity index is 844. The zero-order valence-corrected chi connectivity index (χ0v) is 14.6. The number of nitrogens with one attached hydrogen (secondary N) is 2. The van der Waals surface area contributed by atoms with E-state index in [-0.39, 0.29) is 0 Å². The number of esters is 1. The molecular formula is C17H15ClN2O3S. The Morgan fingerprint density at radius 3 is 2.83 bits per heavy atom. The zero-order chi connectivity index (χ0) is 17.3. The summed E-state index contributed by atoms with van der Waals surface area (Å²) >= 11 is 11.2. The van der Waals surface area contributed by atoms with Gasteiger partial charge in [0, 0.05) is 16.3 Å². The Morgan fingerprint density at radius 1 is 1.33 bits per heavy atom. The molecule has 1 atom stereocenters. The van der Waals surface area contributed by atoms with Crippen LogP contribution in [0, 0.1) is 0 Å². The number of hydrogen-bond donors (Lipinski definition) is 2. The molecule has 0 saturated heterocycles. The largest absolute Gasteiger partial charge is 0.466 e. The van der Waals surface area contributed by atoms with Gasteiger partial charge in [-0.25, -0.2) is 4.79 Å². The lowest BCUT2D eigenvalue weighted by molar-refractivity contribution is -0.136. The van der Waals surface area contributed by atoms with Crippen LogP contribution in [0.15, 0.2) is 52.1 Å². The van der Waals surface area contributed by atoms with Crippen molar-refractivity contribution in [2.45, 2.75) is 13.0 Å². The van der Waals surface area contributed by atoms with Crippen molar-refractivity contribution >= 4 is 34.9 Å². The van der Waals surface area contributed by atoms with Crippen LogP contribution in [-0.2, 0) is 9.53 Å². The molecule has 0 aliphatic carbocycles. The minimum absolute atomic E-state index is 0.422. The molecule has 2 N–H and O–H groups in total. The molecule has 24 heavy (non-hydrogen) atoms. The van der Waals surface area contributed by atoms with Crippen LogP contribution in [0.5, 0.6) is 0 Å². The fourth-order valence-corrected chi connectivity index (χ4v) is 3.05. The molecule has 7 heteroatoms. The second-order valence-electron chi connectivity index (χ2n) is 5.27. The molecule has 1 aromatic carbocycles. The molecule has 0 fully saturated rings. The van der Waals surface area contributed by atoms with Gasteiger partial charge >= 0.3 is 5.97 Å². The van der Waals surface area contributed by atoms with E-state index in [1.807, 2.05) is 24.3 Å². The molecule has 124 valence electrons. The standard InChI is InChI=1S/C17H15ClN2O3S/c1-9-14(16(21)22-2)15(20-17(24)19-9)13-7-6-12(23-13)10-4-3-5-11(18)8-10/h3-8,15H,1-2H3,(H2,19,20,24)/t15-/m1/s1. The van der Waals surface area contributed by atoms with Crippen molar-refractivity contribution in [3.63, 3.8) is 0 Å². The number of furan rings is 1. The third kappa shape index (κ3) is 3.16. The van der Waals surface area contributed by atoms with Crippen LogP contribution in [0.1, 0.15) is 18.7 Å². The monoisotopic (exact) mass is 362 g/mol. The van der Waals surface area contributed by atoms with E-state index in [1.54, 1.807) is 19.1 Å². The molecule has 0 amide bonds. The fraction of sp³-hybridized carbons (Fsp3) is 0.176. The van der Waals surface area contributed by atoms with E-state index in [1.165, 1.54) is 7.11 Å². The maximum absolute atomic E-state index is 12.1. The number of benzene rings is 1. The summed E-state index contributed by atoms with van der Waals surface area (Å²) in [6.07, 6.45) is 0. The summed E-state index contributed by atoms with van der Waals surface area (Å²) in [5, 5.41) is 7.02. The van der Waals surface area contributed by atoms with Crippen LogP contribution in [0.4, 0.5) is 0 Å². The highest BCUT2D eigenvalue weighted by atomic mass is 35.5. The molecule has 1 aromatic heterocycles. The first-order chi connectivity index (χ1) is 11.5. The number of halogens is 1. The Labute approximate surface area is 149 Å². The minimum Gasteiger partial charge on any atom is -0.466 e. The molecule has 2 aromatic rings. The van der Waals surface area contributed by atoms with E-state index in [2.05, 4.69) is 10.6 Å². The molecule has 0 bridgehead atoms. The van der Waals surface area contributed by atoms with Crippen LogP contribution in [0.25, 0.3) is 11.3 Å². The van der Waals surface area contributed by atoms with E-state index in [0.717, 1.165) is 5.56 Å². The lowest BCUT2D eigenvalue weighted by Crippen LogP contribution is -2.44. The summed E-state index contributed by atoms with van der Waals surface area (Å²) in [5.74, 6) is 0.773. The number of ether oxygens (including phenoxy) is 1. The van der Waals surface area contributed by atoms with Crippen molar-refractivity contribution in [3.8, 4) is 11.3 Å². The van der Waals surface area contributed by atoms with Gasteiger partial charge in [0.05, 0.1) is 12.7 Å². The van der Waals surface area contributed by atoms with E-state index >= 15 is 0 Å². The average molecular weight is 363 g/mol. The normalized spacial score (nSPS) is 17.3. The minimum atomic E-state index is -0.515. The van der Waals surface area contributed by atoms with E-state index in [4.69, 9.17) is 33.0 Å². The van der Waals surface area contributed by atoms with Crippen LogP contribution in [0.2, 0.25) is 5.02 Å². The molecule has 5 nitrogen and oxygen atoms in total. The van der Waals surface area contributed by atoms with E-state index < -0.39 is 12.0 Å². The SMILES string of the molecule is COC(=O)C1=C(C)NC(=S)N[C@@H]1c1ccc(-c2cccc(Cl)c2)o1. The number of allylic oxidation sites excluding steroid dienone is 1. The third-order valence-corrected chi connectivity index (χ3v) is 4.15. The average Bonchev–Trinajstić information content (AvgIpc) is 3.03. The topological polar surface area (TPSA) is 63.5 Å². The van der Waals surface area contributed by atoms with Crippen LogP contribution < -0.4 is 10.6 Å². The summed E-state index contributed by atoms with van der Waals surface area (Å²) < 4.78 is 10.8. The van der Waals surface area contributed by atoms with Gasteiger partial charge in [0.25, 0.3) is 0 Å². The van der Waals surface area contributed by atoms with Crippen LogP contribution in [0.3, 0.4) is 0 Å². The van der Waals surface area contributed by atoms with Gasteiger partial charge in [-0.1, -0.05) is 23.7 Å². The van der Waals surface area contributed by atoms with Gasteiger partial charge in [0.2, 0.25) is 0 Å². The molecule has 0 saturated carbocycles. The predicted octanol–water partition coefficient (Wildman–Crippen LogP) is 3.57. The van der Waals surface area contributed by atoms with Crippen molar-refractivity contribution < 1.29 is 13.9 Å². The van der Waals surface area contributed by atoms with E-state index in [9.17, 15) is 4.79 Å². The number of carbonyl (C=O) groups excluding carboxylic acids is 1. The summed E-state index contributed by atoms with van der Waals surface area (Å²) in [7, 11) is 1.34. The van der Waals surface area contributed by atoms with Gasteiger partial charge in [-0.05, 0) is 43.4 Å². The first-order valence-corrected chi connectivity index (χ1v) is 8.00. The first-order valence-electron chi connectivity index (χ1n) is 7.22. The van der Waals surface area contributed by atoms with Crippen LogP contribution in [-0.4, -0.2) is 18.2 Å². The van der Waals surface area contributed by atoms with Crippen molar-refractivity contribution in [1.82, 2.24) is 10.6 Å². The summed E-state index contributed by atoms with van der Waals surface area (Å²) in [6, 6.07) is 10.5. The molecule has 1 aliphatic heterocycles. The fourth-order valence-electron chi connectivity index (χ4n) is 2.59. The smallest absolute Gasteiger partial charge is 0.338 e. The lowest BCUT2D eigenvalue weighted by Gasteiger charge is -2.27. The van der Waals surface area contributed by atoms with Gasteiger partial charge in [0.15, 0.2) is 5.11 Å². The second kappa shape index (κ2) is 6.67. The van der Waals surface area contributed by atoms with Crippen molar-refractivity contribution in [1.29, 1.82) is 0 Å². The van der Waals surface area contributed by atoms with E-state index in [0.29, 0.717) is 32.9 Å². The Balaban J connectivity index is 2.00. The molecular weight excluding hydrogens is 348 g/mol. The summed E-state index contributed by atoms with van der Waals surface area (Å²) in [6.45, 7) is 1.77. The number of rotatable bonds is 3. The van der Waals surface area contributed by atoms with Gasteiger partial charge < -0.3 is 19.8 Å². The summed E-state index contributed by atoms with van der Waals surface area (Å²) in [4.78, 5) is 12.1. The molecule has 1 aliphatic rings. The van der Waals surface area contributed by atoms with Crippen molar-refractivity contribution in [2.75, 3.05) is 7.11 Å². The van der Waals surface area contributed by atoms with Gasteiger partial charge in [-0.3, -0.25) is 0 Å². The second-order valence-corrected chi connectivity index (χ2v) is 6.12. The van der Waals surface area contributed by atoms with Crippen molar-refractivity contribution in [3.05, 3.63) is 58.5 Å². The third-order valence-electron chi connectivity index (χ3n) is 3.69. The van der Waals surface area contributed by atoms with Gasteiger partial charge in [-0.15, -0.1) is 0 Å². The molecule has 2 heterocycles. The first kappa shape index (κ1) is 16.5. The zero-order valence-electron chi connectivity index (χ0n) is 13.1. The number of thiocarbonyl (C=S) groups is 1. The van der Waals surface area contributed by atoms with Gasteiger partial charge in [0.1, 0.15) is 17.6 Å². The molecule has 0 spiro atoms. The maximum atomic E-state index is 12.1. The predicted molar refractivity (Wildman–Crippen MR) is 95.5 cm³/mol. The Hall–Kier alpha value is -2.31. The number of carbonyl (C=O) groups is 1. The highest BCUT2D eigenvalue weighted by Crippen LogP contribution is 2.32. The highest BCUT2D eigenvalue weighted by molar-refractivity contribution is 7.80. The number of hydrogen-bond acceptors (Lipinski definition) is 4. The Morgan fingerprint density at radius 2 is 2.12 bits per heavy atom. The van der Waals surface area contributed by atoms with Gasteiger partial charge in [-0.2, -0.15) is 0 Å². The maximum Gasteiger partial charge on any atom is 0.338 e. The molecule has 0 unspecified atom stereocenters. The molecule has 3 rings (SSSR count). The number of methoxy groups -OCH3 is 1.